The molecule has 1 saturated heterocycles. The number of nitriles is 1. The number of benzene rings is 1. The van der Waals surface area contributed by atoms with Crippen LogP contribution in [0.2, 0.25) is 0 Å². The first kappa shape index (κ1) is 17.8. The predicted octanol–water partition coefficient (Wildman–Crippen LogP) is 2.80. The summed E-state index contributed by atoms with van der Waals surface area (Å²) in [5, 5.41) is 9.14. The van der Waals surface area contributed by atoms with Crippen LogP contribution in [-0.4, -0.2) is 32.5 Å². The first-order chi connectivity index (χ1) is 14.2. The quantitative estimate of drug-likeness (QED) is 0.695. The summed E-state index contributed by atoms with van der Waals surface area (Å²) in [6.07, 6.45) is 5.99. The molecule has 0 amide bonds. The van der Waals surface area contributed by atoms with E-state index >= 15 is 0 Å². The van der Waals surface area contributed by atoms with Crippen LogP contribution in [0.25, 0.3) is 11.1 Å². The minimum absolute atomic E-state index is 0.0576. The average Bonchev–Trinajstić information content (AvgIpc) is 2.75. The van der Waals surface area contributed by atoms with E-state index in [-0.39, 0.29) is 5.56 Å². The van der Waals surface area contributed by atoms with Crippen LogP contribution in [0.5, 0.6) is 0 Å². The maximum atomic E-state index is 13.2. The SMILES string of the molecule is N#Cc1cccc(CN2C[C@H]3C[C@H](C2)c2ccc(-c4cncnc4)c(=O)n2C3)c1. The van der Waals surface area contributed by atoms with Crippen molar-refractivity contribution in [1.29, 1.82) is 5.26 Å². The Morgan fingerprint density at radius 3 is 2.79 bits per heavy atom. The number of hydrogen-bond acceptors (Lipinski definition) is 5. The van der Waals surface area contributed by atoms with E-state index in [1.54, 1.807) is 12.4 Å². The van der Waals surface area contributed by atoms with E-state index in [1.165, 1.54) is 11.9 Å². The van der Waals surface area contributed by atoms with Crippen LogP contribution in [0.15, 0.2) is 59.9 Å². The van der Waals surface area contributed by atoms with E-state index in [2.05, 4.69) is 33.1 Å². The van der Waals surface area contributed by atoms with E-state index < -0.39 is 0 Å². The maximum Gasteiger partial charge on any atom is 0.258 e. The fourth-order valence-corrected chi connectivity index (χ4v) is 4.83. The van der Waals surface area contributed by atoms with Gasteiger partial charge in [-0.2, -0.15) is 5.26 Å². The molecule has 0 unspecified atom stereocenters. The lowest BCUT2D eigenvalue weighted by molar-refractivity contribution is 0.114. The van der Waals surface area contributed by atoms with Gasteiger partial charge in [-0.1, -0.05) is 12.1 Å². The average molecular weight is 383 g/mol. The molecular weight excluding hydrogens is 362 g/mol. The van der Waals surface area contributed by atoms with Gasteiger partial charge in [0.1, 0.15) is 6.33 Å². The minimum atomic E-state index is 0.0576. The summed E-state index contributed by atoms with van der Waals surface area (Å²) < 4.78 is 1.97. The van der Waals surface area contributed by atoms with Crippen molar-refractivity contribution in [2.75, 3.05) is 13.1 Å². The monoisotopic (exact) mass is 383 g/mol. The molecule has 144 valence electrons. The van der Waals surface area contributed by atoms with Gasteiger partial charge in [-0.05, 0) is 42.2 Å². The van der Waals surface area contributed by atoms with Gasteiger partial charge in [0.05, 0.1) is 17.2 Å². The third-order valence-electron chi connectivity index (χ3n) is 6.01. The summed E-state index contributed by atoms with van der Waals surface area (Å²) in [6.45, 7) is 3.49. The fourth-order valence-electron chi connectivity index (χ4n) is 4.83. The number of likely N-dealkylation sites (tertiary alicyclic amines) is 1. The van der Waals surface area contributed by atoms with Crippen molar-refractivity contribution < 1.29 is 0 Å². The topological polar surface area (TPSA) is 74.8 Å². The van der Waals surface area contributed by atoms with Crippen LogP contribution in [0, 0.1) is 17.2 Å². The number of aromatic nitrogens is 3. The summed E-state index contributed by atoms with van der Waals surface area (Å²) in [4.78, 5) is 23.7. The van der Waals surface area contributed by atoms with E-state index in [0.29, 0.717) is 23.0 Å². The Morgan fingerprint density at radius 2 is 1.97 bits per heavy atom. The Morgan fingerprint density at radius 1 is 1.10 bits per heavy atom. The molecule has 29 heavy (non-hydrogen) atoms. The number of pyridine rings is 1. The Balaban J connectivity index is 1.42. The van der Waals surface area contributed by atoms with Crippen LogP contribution in [-0.2, 0) is 13.1 Å². The van der Waals surface area contributed by atoms with Crippen molar-refractivity contribution in [3.63, 3.8) is 0 Å². The lowest BCUT2D eigenvalue weighted by atomic mass is 9.82. The lowest BCUT2D eigenvalue weighted by Gasteiger charge is -2.43. The molecule has 2 aliphatic heterocycles. The molecule has 6 heteroatoms. The van der Waals surface area contributed by atoms with Crippen LogP contribution >= 0.6 is 0 Å². The summed E-state index contributed by atoms with van der Waals surface area (Å²) in [6, 6.07) is 14.1. The van der Waals surface area contributed by atoms with Gasteiger partial charge in [0.25, 0.3) is 5.56 Å². The van der Waals surface area contributed by atoms with Crippen molar-refractivity contribution in [3.8, 4) is 17.2 Å². The fraction of sp³-hybridized carbons (Fsp3) is 0.304. The molecule has 3 aromatic rings. The highest BCUT2D eigenvalue weighted by Crippen LogP contribution is 2.36. The first-order valence-electron chi connectivity index (χ1n) is 9.92. The zero-order valence-electron chi connectivity index (χ0n) is 16.0. The first-order valence-corrected chi connectivity index (χ1v) is 9.92. The van der Waals surface area contributed by atoms with E-state index in [1.807, 2.05) is 28.8 Å². The standard InChI is InChI=1S/C23H21N5O/c24-8-16-2-1-3-17(6-16)11-27-12-18-7-19(14-27)22-5-4-21(23(29)28(22)13-18)20-9-25-15-26-10-20/h1-6,9-10,15,18-19H,7,11-14H2/t18-,19-/m1/s1. The van der Waals surface area contributed by atoms with Crippen LogP contribution in [0.3, 0.4) is 0 Å². The molecule has 0 N–H and O–H groups in total. The number of fused-ring (bicyclic) bond motifs is 4. The van der Waals surface area contributed by atoms with Gasteiger partial charge in [0.15, 0.2) is 0 Å². The summed E-state index contributed by atoms with van der Waals surface area (Å²) in [7, 11) is 0. The van der Waals surface area contributed by atoms with Crippen molar-refractivity contribution >= 4 is 0 Å². The molecule has 2 atom stereocenters. The van der Waals surface area contributed by atoms with Gasteiger partial charge in [-0.25, -0.2) is 9.97 Å². The molecule has 0 saturated carbocycles. The second-order valence-electron chi connectivity index (χ2n) is 8.02. The van der Waals surface area contributed by atoms with Gasteiger partial charge >= 0.3 is 0 Å². The number of rotatable bonds is 3. The second kappa shape index (κ2) is 7.26. The molecule has 0 radical (unpaired) electrons. The van der Waals surface area contributed by atoms with Crippen molar-refractivity contribution in [2.24, 2.45) is 5.92 Å². The van der Waals surface area contributed by atoms with Crippen LogP contribution in [0.4, 0.5) is 0 Å². The Hall–Kier alpha value is -3.30. The van der Waals surface area contributed by atoms with Gasteiger partial charge in [0, 0.05) is 55.7 Å². The van der Waals surface area contributed by atoms with Crippen LogP contribution in [0.1, 0.15) is 29.2 Å². The number of piperidine rings is 1. The molecule has 2 bridgehead atoms. The highest BCUT2D eigenvalue weighted by atomic mass is 16.1. The van der Waals surface area contributed by atoms with Crippen molar-refractivity contribution in [1.82, 2.24) is 19.4 Å². The van der Waals surface area contributed by atoms with Crippen LogP contribution < -0.4 is 5.56 Å². The third kappa shape index (κ3) is 3.34. The molecule has 1 fully saturated rings. The second-order valence-corrected chi connectivity index (χ2v) is 8.02. The molecular formula is C23H21N5O. The predicted molar refractivity (Wildman–Crippen MR) is 109 cm³/mol. The molecule has 1 aromatic carbocycles. The van der Waals surface area contributed by atoms with Crippen molar-refractivity contribution in [3.05, 3.63) is 82.3 Å². The molecule has 2 aromatic heterocycles. The summed E-state index contributed by atoms with van der Waals surface area (Å²) in [5.74, 6) is 0.816. The third-order valence-corrected chi connectivity index (χ3v) is 6.01. The lowest BCUT2D eigenvalue weighted by Crippen LogP contribution is -2.46. The van der Waals surface area contributed by atoms with Gasteiger partial charge in [-0.3, -0.25) is 9.69 Å². The smallest absolute Gasteiger partial charge is 0.258 e. The van der Waals surface area contributed by atoms with Crippen molar-refractivity contribution in [2.45, 2.75) is 25.4 Å². The Labute approximate surface area is 169 Å². The molecule has 6 nitrogen and oxygen atoms in total. The van der Waals surface area contributed by atoms with E-state index in [4.69, 9.17) is 5.26 Å². The Bertz CT molecular complexity index is 1150. The molecule has 2 aliphatic rings. The Kier molecular flexibility index (Phi) is 4.45. The molecule has 4 heterocycles. The highest BCUT2D eigenvalue weighted by Gasteiger charge is 2.35. The van der Waals surface area contributed by atoms with Gasteiger partial charge in [0.2, 0.25) is 0 Å². The summed E-state index contributed by atoms with van der Waals surface area (Å²) >= 11 is 0. The molecule has 5 rings (SSSR count). The number of nitrogens with zero attached hydrogens (tertiary/aromatic N) is 5. The summed E-state index contributed by atoms with van der Waals surface area (Å²) in [5.41, 5.74) is 4.49. The minimum Gasteiger partial charge on any atom is -0.311 e. The maximum absolute atomic E-state index is 13.2. The molecule has 0 spiro atoms. The zero-order valence-corrected chi connectivity index (χ0v) is 16.0. The highest BCUT2D eigenvalue weighted by molar-refractivity contribution is 5.60. The van der Waals surface area contributed by atoms with Gasteiger partial charge in [-0.15, -0.1) is 0 Å². The van der Waals surface area contributed by atoms with E-state index in [9.17, 15) is 4.79 Å². The zero-order chi connectivity index (χ0) is 19.8. The molecule has 0 aliphatic carbocycles. The largest absolute Gasteiger partial charge is 0.311 e. The number of hydrogen-bond donors (Lipinski definition) is 0. The van der Waals surface area contributed by atoms with Gasteiger partial charge < -0.3 is 4.57 Å². The normalized spacial score (nSPS) is 20.7. The van der Waals surface area contributed by atoms with E-state index in [0.717, 1.165) is 43.9 Å².